The maximum Gasteiger partial charge on any atom is 0.255 e. The van der Waals surface area contributed by atoms with E-state index < -0.39 is 13.6 Å². The van der Waals surface area contributed by atoms with Gasteiger partial charge < -0.3 is 10.1 Å². The summed E-state index contributed by atoms with van der Waals surface area (Å²) in [5.74, 6) is 0.551. The van der Waals surface area contributed by atoms with Gasteiger partial charge >= 0.3 is 0 Å². The maximum absolute atomic E-state index is 12.5. The predicted octanol–water partition coefficient (Wildman–Crippen LogP) is 6.75. The average molecular weight is 540 g/mol. The summed E-state index contributed by atoms with van der Waals surface area (Å²) in [5, 5.41) is 8.57. The maximum atomic E-state index is 12.5. The number of methoxy groups -OCH3 is 1. The summed E-state index contributed by atoms with van der Waals surface area (Å²) < 4.78 is 39.1. The van der Waals surface area contributed by atoms with Crippen molar-refractivity contribution in [2.45, 2.75) is 45.6 Å². The molecule has 1 amide bonds. The first kappa shape index (κ1) is 30.2. The smallest absolute Gasteiger partial charge is 0.255 e. The van der Waals surface area contributed by atoms with Crippen LogP contribution in [0.4, 0.5) is 13.2 Å². The number of ketones is 1. The van der Waals surface area contributed by atoms with Crippen molar-refractivity contribution in [1.29, 1.82) is 0 Å². The summed E-state index contributed by atoms with van der Waals surface area (Å²) in [5.41, 5.74) is 1.77. The van der Waals surface area contributed by atoms with Crippen LogP contribution in [-0.2, 0) is 6.54 Å². The highest BCUT2D eigenvalue weighted by Crippen LogP contribution is 2.30. The van der Waals surface area contributed by atoms with Gasteiger partial charge in [-0.1, -0.05) is 24.9 Å². The number of hydrogen-bond donors (Lipinski definition) is 1. The molecular weight excluding hydrogens is 507 g/mol. The Bertz CT molecular complexity index is 1140. The van der Waals surface area contributed by atoms with Gasteiger partial charge in [0.2, 0.25) is 6.93 Å². The van der Waals surface area contributed by atoms with Crippen LogP contribution in [-0.4, -0.2) is 48.7 Å². The van der Waals surface area contributed by atoms with Crippen molar-refractivity contribution < 1.29 is 27.5 Å². The Kier molecular flexibility index (Phi) is 13.0. The van der Waals surface area contributed by atoms with E-state index in [1.165, 1.54) is 7.11 Å². The first-order valence-corrected chi connectivity index (χ1v) is 12.5. The van der Waals surface area contributed by atoms with Crippen molar-refractivity contribution in [1.82, 2.24) is 15.1 Å². The molecule has 0 spiro atoms. The van der Waals surface area contributed by atoms with Gasteiger partial charge in [-0.15, -0.1) is 0 Å². The molecule has 3 aromatic rings. The zero-order valence-electron chi connectivity index (χ0n) is 21.1. The second kappa shape index (κ2) is 15.9. The van der Waals surface area contributed by atoms with Gasteiger partial charge in [0.1, 0.15) is 12.4 Å². The number of halogens is 4. The van der Waals surface area contributed by atoms with Gasteiger partial charge in [0, 0.05) is 36.3 Å². The Hall–Kier alpha value is -3.07. The van der Waals surface area contributed by atoms with Crippen molar-refractivity contribution >= 4 is 34.2 Å². The van der Waals surface area contributed by atoms with Crippen LogP contribution in [0.25, 0.3) is 10.9 Å². The molecule has 10 heteroatoms. The fourth-order valence-electron chi connectivity index (χ4n) is 4.20. The molecule has 6 nitrogen and oxygen atoms in total. The van der Waals surface area contributed by atoms with Gasteiger partial charge in [0.15, 0.2) is 5.78 Å². The molecule has 2 aromatic carbocycles. The van der Waals surface area contributed by atoms with Crippen LogP contribution >= 0.6 is 11.6 Å². The summed E-state index contributed by atoms with van der Waals surface area (Å²) in [6, 6.07) is 10.4. The van der Waals surface area contributed by atoms with E-state index in [0.717, 1.165) is 36.6 Å². The van der Waals surface area contributed by atoms with Crippen LogP contribution in [0.3, 0.4) is 0 Å². The van der Waals surface area contributed by atoms with Crippen molar-refractivity contribution in [2.24, 2.45) is 5.92 Å². The number of Topliss-reactive ketones (excluding diaryl/α,β-unsaturated/α-hetero) is 1. The Labute approximate surface area is 220 Å². The highest BCUT2D eigenvalue weighted by Gasteiger charge is 2.18. The topological polar surface area (TPSA) is 73.2 Å². The molecule has 1 N–H and O–H groups in total. The van der Waals surface area contributed by atoms with E-state index in [9.17, 15) is 22.8 Å². The Morgan fingerprint density at radius 3 is 2.43 bits per heavy atom. The minimum atomic E-state index is -1.75. The molecule has 1 atom stereocenters. The second-order valence-electron chi connectivity index (χ2n) is 8.45. The summed E-state index contributed by atoms with van der Waals surface area (Å²) in [6.45, 7) is 0.442. The van der Waals surface area contributed by atoms with Crippen molar-refractivity contribution in [2.75, 3.05) is 27.3 Å². The number of hydrogen-bond acceptors (Lipinski definition) is 4. The molecular formula is C27H33ClF3N3O3. The van der Waals surface area contributed by atoms with Crippen LogP contribution in [0.5, 0.6) is 5.75 Å². The van der Waals surface area contributed by atoms with Gasteiger partial charge in [0.05, 0.1) is 23.6 Å². The SMILES string of the molecule is CCCC(CCCC(=O)c1ccc(Cl)cc1)Cn1cc2c(OC)c(C(=O)NCCF)ccc2n1.FCF. The van der Waals surface area contributed by atoms with Crippen LogP contribution in [0, 0.1) is 5.92 Å². The average Bonchev–Trinajstić information content (AvgIpc) is 3.30. The summed E-state index contributed by atoms with van der Waals surface area (Å²) in [7, 11) is 1.51. The van der Waals surface area contributed by atoms with E-state index in [0.29, 0.717) is 40.8 Å². The molecule has 0 aliphatic rings. The molecule has 3 rings (SSSR count). The van der Waals surface area contributed by atoms with Crippen LogP contribution in [0.1, 0.15) is 59.7 Å². The van der Waals surface area contributed by atoms with E-state index in [-0.39, 0.29) is 18.2 Å². The number of amides is 1. The van der Waals surface area contributed by atoms with Crippen molar-refractivity contribution in [3.63, 3.8) is 0 Å². The third-order valence-electron chi connectivity index (χ3n) is 5.84. The molecule has 202 valence electrons. The van der Waals surface area contributed by atoms with E-state index in [1.807, 2.05) is 10.9 Å². The first-order chi connectivity index (χ1) is 17.9. The van der Waals surface area contributed by atoms with Gasteiger partial charge in [0.25, 0.3) is 5.91 Å². The molecule has 1 unspecified atom stereocenters. The quantitative estimate of drug-likeness (QED) is 0.244. The van der Waals surface area contributed by atoms with Crippen molar-refractivity contribution in [3.8, 4) is 5.75 Å². The third-order valence-corrected chi connectivity index (χ3v) is 6.09. The van der Waals surface area contributed by atoms with Crippen molar-refractivity contribution in [3.05, 3.63) is 58.7 Å². The van der Waals surface area contributed by atoms with Crippen LogP contribution in [0.2, 0.25) is 5.02 Å². The lowest BCUT2D eigenvalue weighted by Crippen LogP contribution is -2.25. The molecule has 1 heterocycles. The normalized spacial score (nSPS) is 11.5. The molecule has 0 saturated carbocycles. The van der Waals surface area contributed by atoms with Gasteiger partial charge in [-0.05, 0) is 61.6 Å². The summed E-state index contributed by atoms with van der Waals surface area (Å²) in [6.07, 6.45) is 6.17. The van der Waals surface area contributed by atoms with E-state index in [4.69, 9.17) is 16.3 Å². The number of fused-ring (bicyclic) bond motifs is 1. The molecule has 0 aliphatic heterocycles. The monoisotopic (exact) mass is 539 g/mol. The number of rotatable bonds is 13. The molecule has 0 saturated heterocycles. The number of carbonyl (C=O) groups excluding carboxylic acids is 2. The molecule has 0 radical (unpaired) electrons. The Morgan fingerprint density at radius 2 is 1.81 bits per heavy atom. The fraction of sp³-hybridized carbons (Fsp3) is 0.444. The Balaban J connectivity index is 0.00000153. The second-order valence-corrected chi connectivity index (χ2v) is 8.89. The lowest BCUT2D eigenvalue weighted by molar-refractivity contribution is 0.0946. The number of alkyl halides is 3. The number of ether oxygens (including phenoxy) is 1. The minimum absolute atomic E-state index is 0.0431. The zero-order valence-corrected chi connectivity index (χ0v) is 21.9. The largest absolute Gasteiger partial charge is 0.495 e. The summed E-state index contributed by atoms with van der Waals surface area (Å²) >= 11 is 5.91. The number of nitrogens with zero attached hydrogens (tertiary/aromatic N) is 2. The van der Waals surface area contributed by atoms with E-state index in [2.05, 4.69) is 17.3 Å². The van der Waals surface area contributed by atoms with E-state index in [1.54, 1.807) is 36.4 Å². The van der Waals surface area contributed by atoms with Crippen LogP contribution in [0.15, 0.2) is 42.6 Å². The highest BCUT2D eigenvalue weighted by molar-refractivity contribution is 6.30. The standard InChI is InChI=1S/C26H31ClFN3O3.CH2F2/c1-3-5-18(6-4-7-24(32)19-8-10-20(27)11-9-19)16-31-17-22-23(30-31)13-12-21(25(22)34-2)26(33)29-15-14-28;2-1-3/h8-13,17-18H,3-7,14-16H2,1-2H3,(H,29,33);1H2. The molecule has 0 aliphatic carbocycles. The molecule has 1 aromatic heterocycles. The lowest BCUT2D eigenvalue weighted by atomic mass is 9.95. The van der Waals surface area contributed by atoms with E-state index >= 15 is 0 Å². The predicted molar refractivity (Wildman–Crippen MR) is 140 cm³/mol. The molecule has 37 heavy (non-hydrogen) atoms. The van der Waals surface area contributed by atoms with Gasteiger partial charge in [-0.2, -0.15) is 5.10 Å². The zero-order chi connectivity index (χ0) is 27.2. The number of nitrogens with one attached hydrogen (secondary N) is 1. The number of benzene rings is 2. The Morgan fingerprint density at radius 1 is 1.11 bits per heavy atom. The van der Waals surface area contributed by atoms with Crippen LogP contribution < -0.4 is 10.1 Å². The van der Waals surface area contributed by atoms with Gasteiger partial charge in [-0.3, -0.25) is 14.3 Å². The molecule has 0 bridgehead atoms. The third kappa shape index (κ3) is 9.07. The summed E-state index contributed by atoms with van der Waals surface area (Å²) in [4.78, 5) is 24.8. The fourth-order valence-corrected chi connectivity index (χ4v) is 4.32. The number of carbonyl (C=O) groups is 2. The van der Waals surface area contributed by atoms with Gasteiger partial charge in [-0.25, -0.2) is 13.2 Å². The first-order valence-electron chi connectivity index (χ1n) is 12.2. The number of aromatic nitrogens is 2. The molecule has 0 fully saturated rings. The highest BCUT2D eigenvalue weighted by atomic mass is 35.5. The lowest BCUT2D eigenvalue weighted by Gasteiger charge is -2.16. The minimum Gasteiger partial charge on any atom is -0.495 e.